The van der Waals surface area contributed by atoms with Gasteiger partial charge in [0.25, 0.3) is 5.91 Å². The maximum atomic E-state index is 13.8. The van der Waals surface area contributed by atoms with E-state index in [0.717, 1.165) is 39.1 Å². The molecule has 4 aromatic rings. The van der Waals surface area contributed by atoms with Crippen LogP contribution in [0.5, 0.6) is 0 Å². The van der Waals surface area contributed by atoms with E-state index in [0.29, 0.717) is 30.9 Å². The molecular weight excluding hydrogens is 479 g/mol. The van der Waals surface area contributed by atoms with Crippen LogP contribution in [0.4, 0.5) is 10.1 Å². The Morgan fingerprint density at radius 3 is 2.55 bits per heavy atom. The minimum absolute atomic E-state index is 0.273. The number of piperidine rings is 1. The van der Waals surface area contributed by atoms with Crippen molar-refractivity contribution in [1.82, 2.24) is 14.9 Å². The Bertz CT molecular complexity index is 1430. The summed E-state index contributed by atoms with van der Waals surface area (Å²) in [4.78, 5) is 24.2. The van der Waals surface area contributed by atoms with E-state index in [4.69, 9.17) is 0 Å². The number of likely N-dealkylation sites (tertiary alicyclic amines) is 1. The van der Waals surface area contributed by atoms with Crippen molar-refractivity contribution in [1.29, 1.82) is 0 Å². The van der Waals surface area contributed by atoms with Crippen LogP contribution >= 0.6 is 0 Å². The number of aromatic nitrogens is 2. The Morgan fingerprint density at radius 1 is 1.00 bits per heavy atom. The van der Waals surface area contributed by atoms with Crippen molar-refractivity contribution in [2.75, 3.05) is 18.4 Å². The average Bonchev–Trinajstić information content (AvgIpc) is 2.92. The minimum atomic E-state index is -1.19. The molecule has 1 fully saturated rings. The fourth-order valence-corrected chi connectivity index (χ4v) is 4.80. The number of aliphatic hydroxyl groups excluding tert-OH is 1. The first-order valence-electron chi connectivity index (χ1n) is 12.8. The zero-order chi connectivity index (χ0) is 26.6. The third-order valence-electron chi connectivity index (χ3n) is 6.91. The monoisotopic (exact) mass is 510 g/mol. The summed E-state index contributed by atoms with van der Waals surface area (Å²) in [6.07, 6.45) is 1.66. The number of pyridine rings is 2. The van der Waals surface area contributed by atoms with Crippen molar-refractivity contribution in [2.24, 2.45) is 0 Å². The molecule has 2 aromatic carbocycles. The first-order chi connectivity index (χ1) is 18.4. The van der Waals surface area contributed by atoms with Gasteiger partial charge < -0.3 is 10.4 Å². The van der Waals surface area contributed by atoms with Gasteiger partial charge in [0.15, 0.2) is 0 Å². The first kappa shape index (κ1) is 25.7. The van der Waals surface area contributed by atoms with Crippen LogP contribution in [0.2, 0.25) is 0 Å². The van der Waals surface area contributed by atoms with E-state index < -0.39 is 12.3 Å². The summed E-state index contributed by atoms with van der Waals surface area (Å²) in [7, 11) is 0. The maximum Gasteiger partial charge on any atom is 0.274 e. The van der Waals surface area contributed by atoms with Crippen molar-refractivity contribution in [3.8, 4) is 22.3 Å². The van der Waals surface area contributed by atoms with Gasteiger partial charge in [0.2, 0.25) is 0 Å². The molecule has 194 valence electrons. The first-order valence-corrected chi connectivity index (χ1v) is 12.8. The second-order valence-corrected chi connectivity index (χ2v) is 9.92. The number of hydrogen-bond donors (Lipinski definition) is 2. The lowest BCUT2D eigenvalue weighted by Gasteiger charge is -2.32. The molecule has 2 aromatic heterocycles. The van der Waals surface area contributed by atoms with E-state index in [1.807, 2.05) is 91.7 Å². The highest BCUT2D eigenvalue weighted by Gasteiger charge is 2.27. The summed E-state index contributed by atoms with van der Waals surface area (Å²) in [5.74, 6) is -0.305. The number of nitrogens with zero attached hydrogens (tertiary/aromatic N) is 3. The molecule has 0 aliphatic carbocycles. The van der Waals surface area contributed by atoms with Gasteiger partial charge in [-0.25, -0.2) is 4.39 Å². The predicted octanol–water partition coefficient (Wildman–Crippen LogP) is 5.58. The molecule has 0 bridgehead atoms. The minimum Gasteiger partial charge on any atom is -0.389 e. The molecule has 38 heavy (non-hydrogen) atoms. The number of halogens is 1. The SMILES string of the molecule is Cc1ccc(-c2cc(CN3CC[C@@H](F)[C@H](O)C3)cc(NC(=O)c3cc(-c4ccccc4)c(C)cn3)c2)cn1. The van der Waals surface area contributed by atoms with Crippen LogP contribution in [-0.4, -0.2) is 51.2 Å². The number of aryl methyl sites for hydroxylation is 2. The number of aliphatic hydroxyl groups is 1. The van der Waals surface area contributed by atoms with E-state index >= 15 is 0 Å². The Hall–Kier alpha value is -3.94. The number of amides is 1. The summed E-state index contributed by atoms with van der Waals surface area (Å²) in [6.45, 7) is 5.27. The molecule has 0 spiro atoms. The van der Waals surface area contributed by atoms with E-state index in [1.54, 1.807) is 6.20 Å². The molecule has 1 aliphatic rings. The predicted molar refractivity (Wildman–Crippen MR) is 148 cm³/mol. The molecule has 1 saturated heterocycles. The van der Waals surface area contributed by atoms with Crippen LogP contribution in [0.15, 0.2) is 79.1 Å². The van der Waals surface area contributed by atoms with E-state index in [1.165, 1.54) is 0 Å². The van der Waals surface area contributed by atoms with Crippen LogP contribution in [0.3, 0.4) is 0 Å². The highest BCUT2D eigenvalue weighted by Crippen LogP contribution is 2.28. The number of β-amino-alcohol motifs (C(OH)–C–C–N with tert-alkyl or cyclic N) is 1. The van der Waals surface area contributed by atoms with Gasteiger partial charge in [-0.05, 0) is 78.4 Å². The van der Waals surface area contributed by atoms with Gasteiger partial charge in [-0.1, -0.05) is 36.4 Å². The number of hydrogen-bond acceptors (Lipinski definition) is 5. The molecule has 0 radical (unpaired) electrons. The van der Waals surface area contributed by atoms with E-state index in [2.05, 4.69) is 15.3 Å². The van der Waals surface area contributed by atoms with Crippen LogP contribution in [0.1, 0.15) is 33.7 Å². The lowest BCUT2D eigenvalue weighted by Crippen LogP contribution is -2.44. The van der Waals surface area contributed by atoms with Gasteiger partial charge in [0.1, 0.15) is 11.9 Å². The quantitative estimate of drug-likeness (QED) is 0.354. The molecule has 1 amide bonds. The molecule has 3 heterocycles. The van der Waals surface area contributed by atoms with Gasteiger partial charge >= 0.3 is 0 Å². The summed E-state index contributed by atoms with van der Waals surface area (Å²) in [6, 6.07) is 21.6. The Kier molecular flexibility index (Phi) is 7.58. The number of benzene rings is 2. The zero-order valence-electron chi connectivity index (χ0n) is 21.6. The number of rotatable bonds is 6. The topological polar surface area (TPSA) is 78.4 Å². The molecule has 2 atom stereocenters. The summed E-state index contributed by atoms with van der Waals surface area (Å²) in [5, 5.41) is 13.0. The summed E-state index contributed by atoms with van der Waals surface area (Å²) in [5.41, 5.74) is 7.63. The smallest absolute Gasteiger partial charge is 0.274 e. The van der Waals surface area contributed by atoms with Crippen molar-refractivity contribution < 1.29 is 14.3 Å². The number of carbonyl (C=O) groups excluding carboxylic acids is 1. The maximum absolute atomic E-state index is 13.8. The fourth-order valence-electron chi connectivity index (χ4n) is 4.80. The molecular formula is C31H31FN4O2. The second kappa shape index (κ2) is 11.2. The van der Waals surface area contributed by atoms with Gasteiger partial charge in [-0.3, -0.25) is 19.7 Å². The summed E-state index contributed by atoms with van der Waals surface area (Å²) < 4.78 is 13.8. The van der Waals surface area contributed by atoms with Crippen LogP contribution in [0.25, 0.3) is 22.3 Å². The fraction of sp³-hybridized carbons (Fsp3) is 0.258. The van der Waals surface area contributed by atoms with Crippen molar-refractivity contribution in [3.63, 3.8) is 0 Å². The molecule has 6 nitrogen and oxygen atoms in total. The highest BCUT2D eigenvalue weighted by atomic mass is 19.1. The van der Waals surface area contributed by atoms with Gasteiger partial charge in [-0.15, -0.1) is 0 Å². The lowest BCUT2D eigenvalue weighted by atomic mass is 10.0. The van der Waals surface area contributed by atoms with Crippen molar-refractivity contribution in [2.45, 2.75) is 39.1 Å². The number of nitrogens with one attached hydrogen (secondary N) is 1. The standard InChI is InChI=1S/C31H31FN4O2/c1-20-16-34-29(15-27(20)23-6-4-3-5-7-23)31(38)35-26-13-22(18-36-11-10-28(32)30(37)19-36)12-25(14-26)24-9-8-21(2)33-17-24/h3-9,12-17,28,30,37H,10-11,18-19H2,1-2H3,(H,35,38)/t28-,30-/m1/s1. The van der Waals surface area contributed by atoms with E-state index in [9.17, 15) is 14.3 Å². The van der Waals surface area contributed by atoms with Gasteiger partial charge in [0.05, 0.1) is 6.10 Å². The van der Waals surface area contributed by atoms with Gasteiger partial charge in [-0.2, -0.15) is 0 Å². The second-order valence-electron chi connectivity index (χ2n) is 9.92. The molecule has 2 N–H and O–H groups in total. The summed E-state index contributed by atoms with van der Waals surface area (Å²) >= 11 is 0. The van der Waals surface area contributed by atoms with Crippen molar-refractivity contribution in [3.05, 3.63) is 102 Å². The van der Waals surface area contributed by atoms with Crippen LogP contribution in [0, 0.1) is 13.8 Å². The average molecular weight is 511 g/mol. The molecule has 1 aliphatic heterocycles. The van der Waals surface area contributed by atoms with Crippen LogP contribution < -0.4 is 5.32 Å². The lowest BCUT2D eigenvalue weighted by molar-refractivity contribution is 0.000912. The molecule has 7 heteroatoms. The third kappa shape index (κ3) is 5.96. The Labute approximate surface area is 222 Å². The number of alkyl halides is 1. The largest absolute Gasteiger partial charge is 0.389 e. The number of carbonyl (C=O) groups is 1. The Morgan fingerprint density at radius 2 is 1.82 bits per heavy atom. The molecule has 0 saturated carbocycles. The molecule has 5 rings (SSSR count). The molecule has 0 unspecified atom stereocenters. The number of anilines is 1. The normalized spacial score (nSPS) is 17.8. The van der Waals surface area contributed by atoms with Gasteiger partial charge in [0, 0.05) is 49.0 Å². The zero-order valence-corrected chi connectivity index (χ0v) is 21.6. The highest BCUT2D eigenvalue weighted by molar-refractivity contribution is 6.04. The van der Waals surface area contributed by atoms with Crippen molar-refractivity contribution >= 4 is 11.6 Å². The third-order valence-corrected chi connectivity index (χ3v) is 6.91. The Balaban J connectivity index is 1.44. The van der Waals surface area contributed by atoms with E-state index in [-0.39, 0.29) is 12.5 Å². The van der Waals surface area contributed by atoms with Crippen LogP contribution in [-0.2, 0) is 6.54 Å².